The second-order valence-electron chi connectivity index (χ2n) is 2.29. The molecule has 0 heterocycles. The maximum absolute atomic E-state index is 12.1. The molecule has 1 unspecified atom stereocenters. The van der Waals surface area contributed by atoms with E-state index in [1.54, 1.807) is 0 Å². The van der Waals surface area contributed by atoms with E-state index in [0.717, 1.165) is 12.1 Å². The van der Waals surface area contributed by atoms with E-state index in [0.29, 0.717) is 0 Å². The number of hydrogen-bond donors (Lipinski definition) is 0. The molecule has 70 valence electrons. The molecule has 1 aromatic rings. The van der Waals surface area contributed by atoms with Crippen molar-refractivity contribution in [1.82, 2.24) is 0 Å². The lowest BCUT2D eigenvalue weighted by Gasteiger charge is -2.04. The molecule has 0 spiro atoms. The Hall–Kier alpha value is -0.600. The predicted molar refractivity (Wildman–Crippen MR) is 44.5 cm³/mol. The molecular formula is C7H4ClF3OP+. The quantitative estimate of drug-likeness (QED) is 0.673. The molecule has 1 atom stereocenters. The molecule has 0 radical (unpaired) electrons. The van der Waals surface area contributed by atoms with Crippen molar-refractivity contribution in [3.63, 3.8) is 0 Å². The summed E-state index contributed by atoms with van der Waals surface area (Å²) in [6, 6.07) is 4.15. The zero-order chi connectivity index (χ0) is 10.1. The SMILES string of the molecule is O=[P+](Cl)c1cccc(C(F)(F)F)c1. The Morgan fingerprint density at radius 3 is 2.38 bits per heavy atom. The molecule has 1 aromatic carbocycles. The normalized spacial score (nSPS) is 12.8. The van der Waals surface area contributed by atoms with E-state index in [-0.39, 0.29) is 5.30 Å². The van der Waals surface area contributed by atoms with E-state index in [1.165, 1.54) is 12.1 Å². The van der Waals surface area contributed by atoms with E-state index >= 15 is 0 Å². The van der Waals surface area contributed by atoms with Gasteiger partial charge >= 0.3 is 13.3 Å². The summed E-state index contributed by atoms with van der Waals surface area (Å²) in [7, 11) is -2.24. The molecule has 1 rings (SSSR count). The van der Waals surface area contributed by atoms with Crippen LogP contribution in [-0.4, -0.2) is 0 Å². The van der Waals surface area contributed by atoms with Crippen molar-refractivity contribution in [3.05, 3.63) is 29.8 Å². The van der Waals surface area contributed by atoms with Crippen molar-refractivity contribution in [2.24, 2.45) is 0 Å². The number of halogens is 4. The fraction of sp³-hybridized carbons (Fsp3) is 0.143. The highest BCUT2D eigenvalue weighted by Gasteiger charge is 2.32. The average molecular weight is 228 g/mol. The molecule has 0 aliphatic carbocycles. The Kier molecular flexibility index (Phi) is 2.94. The summed E-state index contributed by atoms with van der Waals surface area (Å²) >= 11 is 5.17. The first-order chi connectivity index (χ1) is 5.91. The average Bonchev–Trinajstić information content (AvgIpc) is 2.03. The molecule has 0 amide bonds. The number of benzene rings is 1. The van der Waals surface area contributed by atoms with Gasteiger partial charge in [0.2, 0.25) is 16.5 Å². The van der Waals surface area contributed by atoms with Crippen LogP contribution in [0.1, 0.15) is 5.56 Å². The summed E-state index contributed by atoms with van der Waals surface area (Å²) in [6.07, 6.45) is -4.42. The van der Waals surface area contributed by atoms with Crippen molar-refractivity contribution in [2.45, 2.75) is 6.18 Å². The van der Waals surface area contributed by atoms with Crippen LogP contribution in [-0.2, 0) is 10.7 Å². The molecule has 0 bridgehead atoms. The molecule has 0 aromatic heterocycles. The van der Waals surface area contributed by atoms with Gasteiger partial charge in [0.1, 0.15) is 0 Å². The van der Waals surface area contributed by atoms with Crippen LogP contribution in [0.15, 0.2) is 24.3 Å². The van der Waals surface area contributed by atoms with Crippen molar-refractivity contribution < 1.29 is 17.7 Å². The van der Waals surface area contributed by atoms with Gasteiger partial charge in [0, 0.05) is 6.07 Å². The van der Waals surface area contributed by atoms with Crippen LogP contribution in [0.3, 0.4) is 0 Å². The maximum atomic E-state index is 12.1. The lowest BCUT2D eigenvalue weighted by atomic mass is 10.2. The molecule has 0 fully saturated rings. The monoisotopic (exact) mass is 227 g/mol. The van der Waals surface area contributed by atoms with Crippen LogP contribution in [0.4, 0.5) is 13.2 Å². The minimum atomic E-state index is -4.42. The first-order valence-corrected chi connectivity index (χ1v) is 5.38. The Labute approximate surface area is 78.1 Å². The smallest absolute Gasteiger partial charge is 0.166 e. The molecule has 0 N–H and O–H groups in total. The predicted octanol–water partition coefficient (Wildman–Crippen LogP) is 3.31. The summed E-state index contributed by atoms with van der Waals surface area (Å²) in [4.78, 5) is 0. The van der Waals surface area contributed by atoms with Gasteiger partial charge in [-0.15, -0.1) is 0 Å². The second-order valence-corrected chi connectivity index (χ2v) is 4.22. The van der Waals surface area contributed by atoms with Gasteiger partial charge in [-0.1, -0.05) is 6.07 Å². The van der Waals surface area contributed by atoms with E-state index in [1.807, 2.05) is 0 Å². The topological polar surface area (TPSA) is 17.1 Å². The molecule has 0 aliphatic heterocycles. The zero-order valence-corrected chi connectivity index (χ0v) is 7.83. The summed E-state index contributed by atoms with van der Waals surface area (Å²) < 4.78 is 47.0. The minimum absolute atomic E-state index is 0.00788. The lowest BCUT2D eigenvalue weighted by molar-refractivity contribution is -0.137. The number of alkyl halides is 3. The fourth-order valence-electron chi connectivity index (χ4n) is 0.792. The van der Waals surface area contributed by atoms with Gasteiger partial charge in [0.15, 0.2) is 0 Å². The Morgan fingerprint density at radius 1 is 1.31 bits per heavy atom. The fourth-order valence-corrected chi connectivity index (χ4v) is 1.55. The zero-order valence-electron chi connectivity index (χ0n) is 6.18. The van der Waals surface area contributed by atoms with Gasteiger partial charge in [-0.25, -0.2) is 0 Å². The van der Waals surface area contributed by atoms with Gasteiger partial charge < -0.3 is 0 Å². The third-order valence-corrected chi connectivity index (χ3v) is 2.65. The van der Waals surface area contributed by atoms with Gasteiger partial charge in [-0.3, -0.25) is 0 Å². The van der Waals surface area contributed by atoms with E-state index in [9.17, 15) is 17.7 Å². The molecule has 0 saturated heterocycles. The molecule has 13 heavy (non-hydrogen) atoms. The number of hydrogen-bond acceptors (Lipinski definition) is 1. The van der Waals surface area contributed by atoms with Gasteiger partial charge in [0.25, 0.3) is 0 Å². The molecular weight excluding hydrogens is 223 g/mol. The summed E-state index contributed by atoms with van der Waals surface area (Å²) in [6.45, 7) is 0. The van der Waals surface area contributed by atoms with Crippen molar-refractivity contribution in [1.29, 1.82) is 0 Å². The summed E-state index contributed by atoms with van der Waals surface area (Å²) in [5.41, 5.74) is -0.839. The maximum Gasteiger partial charge on any atom is 0.494 e. The molecule has 6 heteroatoms. The highest BCUT2D eigenvalue weighted by Crippen LogP contribution is 2.31. The van der Waals surface area contributed by atoms with Crippen LogP contribution in [0.2, 0.25) is 0 Å². The Morgan fingerprint density at radius 2 is 1.92 bits per heavy atom. The largest absolute Gasteiger partial charge is 0.494 e. The summed E-state index contributed by atoms with van der Waals surface area (Å²) in [5, 5.41) is -0.00788. The molecule has 1 nitrogen and oxygen atoms in total. The van der Waals surface area contributed by atoms with Gasteiger partial charge in [0.05, 0.1) is 5.56 Å². The Balaban J connectivity index is 3.13. The molecule has 0 aliphatic rings. The third-order valence-electron chi connectivity index (χ3n) is 1.38. The minimum Gasteiger partial charge on any atom is -0.166 e. The van der Waals surface area contributed by atoms with Crippen LogP contribution in [0.25, 0.3) is 0 Å². The standard InChI is InChI=1S/C7H4ClF3OP/c8-13(12)6-3-1-2-5(4-6)7(9,10)11/h1-4H/q+1. The van der Waals surface area contributed by atoms with E-state index < -0.39 is 18.9 Å². The van der Waals surface area contributed by atoms with E-state index in [2.05, 4.69) is 0 Å². The molecule has 0 saturated carbocycles. The van der Waals surface area contributed by atoms with Gasteiger partial charge in [-0.2, -0.15) is 13.2 Å². The van der Waals surface area contributed by atoms with Crippen LogP contribution < -0.4 is 5.30 Å². The van der Waals surface area contributed by atoms with Crippen molar-refractivity contribution >= 4 is 23.7 Å². The highest BCUT2D eigenvalue weighted by molar-refractivity contribution is 7.80. The van der Waals surface area contributed by atoms with Crippen molar-refractivity contribution in [3.8, 4) is 0 Å². The number of rotatable bonds is 1. The van der Waals surface area contributed by atoms with Crippen LogP contribution in [0.5, 0.6) is 0 Å². The highest BCUT2D eigenvalue weighted by atomic mass is 35.7. The first kappa shape index (κ1) is 10.5. The Bertz CT molecular complexity index is 337. The van der Waals surface area contributed by atoms with Crippen LogP contribution in [0, 0.1) is 0 Å². The van der Waals surface area contributed by atoms with Crippen LogP contribution >= 0.6 is 18.4 Å². The lowest BCUT2D eigenvalue weighted by Crippen LogP contribution is -2.08. The van der Waals surface area contributed by atoms with Gasteiger partial charge in [-0.05, 0) is 16.7 Å². The summed E-state index contributed by atoms with van der Waals surface area (Å²) in [5.74, 6) is 0. The van der Waals surface area contributed by atoms with Crippen molar-refractivity contribution in [2.75, 3.05) is 0 Å². The third kappa shape index (κ3) is 2.68. The second kappa shape index (κ2) is 3.64. The first-order valence-electron chi connectivity index (χ1n) is 3.21. The van der Waals surface area contributed by atoms with E-state index in [4.69, 9.17) is 11.2 Å².